The maximum absolute atomic E-state index is 3.53. The molecule has 0 saturated carbocycles. The van der Waals surface area contributed by atoms with Gasteiger partial charge in [-0.05, 0) is 46.5 Å². The predicted octanol–water partition coefficient (Wildman–Crippen LogP) is 7.66. The molecule has 1 aromatic heterocycles. The third-order valence-electron chi connectivity index (χ3n) is 5.18. The molecular formula is C28H21N. The normalized spacial score (nSPS) is 11.9. The molecule has 29 heavy (non-hydrogen) atoms. The van der Waals surface area contributed by atoms with E-state index in [1.807, 2.05) is 12.1 Å². The van der Waals surface area contributed by atoms with Crippen molar-refractivity contribution >= 4 is 46.1 Å². The average molecular weight is 371 g/mol. The first-order chi connectivity index (χ1) is 14.3. The zero-order chi connectivity index (χ0) is 19.5. The van der Waals surface area contributed by atoms with E-state index in [1.54, 1.807) is 0 Å². The van der Waals surface area contributed by atoms with Crippen LogP contribution in [0.1, 0.15) is 22.3 Å². The number of hydrogen-bond acceptors (Lipinski definition) is 0. The van der Waals surface area contributed by atoms with Gasteiger partial charge < -0.3 is 4.98 Å². The third-order valence-corrected chi connectivity index (χ3v) is 5.18. The van der Waals surface area contributed by atoms with Crippen molar-refractivity contribution in [3.63, 3.8) is 0 Å². The molecule has 138 valence electrons. The Morgan fingerprint density at radius 3 is 1.28 bits per heavy atom. The summed E-state index contributed by atoms with van der Waals surface area (Å²) in [6.07, 6.45) is 8.66. The summed E-state index contributed by atoms with van der Waals surface area (Å²) >= 11 is 0. The summed E-state index contributed by atoms with van der Waals surface area (Å²) in [7, 11) is 0. The van der Waals surface area contributed by atoms with Crippen molar-refractivity contribution in [2.45, 2.75) is 0 Å². The number of aromatic amines is 1. The summed E-state index contributed by atoms with van der Waals surface area (Å²) in [5.41, 5.74) is 7.15. The number of fused-ring (bicyclic) bond motifs is 3. The summed E-state index contributed by atoms with van der Waals surface area (Å²) in [6, 6.07) is 34.0. The molecule has 1 heterocycles. The van der Waals surface area contributed by atoms with Crippen molar-refractivity contribution in [2.75, 3.05) is 0 Å². The van der Waals surface area contributed by atoms with Gasteiger partial charge in [0.05, 0.1) is 0 Å². The van der Waals surface area contributed by atoms with Crippen LogP contribution in [0.2, 0.25) is 0 Å². The van der Waals surface area contributed by atoms with Crippen LogP contribution in [-0.2, 0) is 0 Å². The Kier molecular flexibility index (Phi) is 4.56. The van der Waals surface area contributed by atoms with Crippen LogP contribution in [0.3, 0.4) is 0 Å². The van der Waals surface area contributed by atoms with Crippen molar-refractivity contribution < 1.29 is 0 Å². The van der Waals surface area contributed by atoms with E-state index < -0.39 is 0 Å². The second-order valence-corrected chi connectivity index (χ2v) is 7.22. The fraction of sp³-hybridized carbons (Fsp3) is 0. The molecule has 0 bridgehead atoms. The number of benzene rings is 4. The molecule has 0 aliphatic rings. The van der Waals surface area contributed by atoms with Crippen LogP contribution in [0.15, 0.2) is 97.1 Å². The predicted molar refractivity (Wildman–Crippen MR) is 127 cm³/mol. The smallest absolute Gasteiger partial charge is 0.0465 e. The van der Waals surface area contributed by atoms with Crippen LogP contribution in [0.4, 0.5) is 0 Å². The van der Waals surface area contributed by atoms with Crippen LogP contribution < -0.4 is 0 Å². The first-order valence-corrected chi connectivity index (χ1v) is 9.87. The number of nitrogens with one attached hydrogen (secondary N) is 1. The van der Waals surface area contributed by atoms with Crippen molar-refractivity contribution in [1.82, 2.24) is 4.98 Å². The first-order valence-electron chi connectivity index (χ1n) is 9.87. The van der Waals surface area contributed by atoms with Crippen LogP contribution >= 0.6 is 0 Å². The molecule has 0 fully saturated rings. The molecule has 5 aromatic rings. The molecular weight excluding hydrogens is 350 g/mol. The lowest BCUT2D eigenvalue weighted by Crippen LogP contribution is -1.75. The van der Waals surface area contributed by atoms with Gasteiger partial charge in [0, 0.05) is 21.8 Å². The van der Waals surface area contributed by atoms with Crippen molar-refractivity contribution in [1.29, 1.82) is 0 Å². The molecule has 0 radical (unpaired) electrons. The van der Waals surface area contributed by atoms with Gasteiger partial charge in [0.2, 0.25) is 0 Å². The van der Waals surface area contributed by atoms with E-state index in [-0.39, 0.29) is 0 Å². The minimum atomic E-state index is 1.17. The van der Waals surface area contributed by atoms with Gasteiger partial charge in [-0.15, -0.1) is 0 Å². The van der Waals surface area contributed by atoms with Crippen molar-refractivity contribution in [3.05, 3.63) is 119 Å². The highest BCUT2D eigenvalue weighted by Gasteiger charge is 2.05. The van der Waals surface area contributed by atoms with E-state index in [0.29, 0.717) is 0 Å². The zero-order valence-corrected chi connectivity index (χ0v) is 16.0. The van der Waals surface area contributed by atoms with Gasteiger partial charge in [0.25, 0.3) is 0 Å². The van der Waals surface area contributed by atoms with E-state index in [9.17, 15) is 0 Å². The van der Waals surface area contributed by atoms with Gasteiger partial charge in [-0.2, -0.15) is 0 Å². The lowest BCUT2D eigenvalue weighted by Gasteiger charge is -1.98. The molecule has 0 saturated heterocycles. The molecule has 4 aromatic carbocycles. The number of hydrogen-bond donors (Lipinski definition) is 1. The zero-order valence-electron chi connectivity index (χ0n) is 16.0. The van der Waals surface area contributed by atoms with E-state index in [1.165, 1.54) is 44.1 Å². The maximum atomic E-state index is 3.53. The van der Waals surface area contributed by atoms with Crippen LogP contribution in [0, 0.1) is 0 Å². The average Bonchev–Trinajstić information content (AvgIpc) is 3.15. The van der Waals surface area contributed by atoms with Gasteiger partial charge in [-0.25, -0.2) is 0 Å². The Balaban J connectivity index is 1.51. The lowest BCUT2D eigenvalue weighted by atomic mass is 10.1. The van der Waals surface area contributed by atoms with Gasteiger partial charge in [-0.3, -0.25) is 0 Å². The van der Waals surface area contributed by atoms with E-state index >= 15 is 0 Å². The monoisotopic (exact) mass is 371 g/mol. The molecule has 5 rings (SSSR count). The second kappa shape index (κ2) is 7.65. The quantitative estimate of drug-likeness (QED) is 0.312. The summed E-state index contributed by atoms with van der Waals surface area (Å²) < 4.78 is 0. The highest BCUT2D eigenvalue weighted by atomic mass is 14.7. The highest BCUT2D eigenvalue weighted by Crippen LogP contribution is 2.28. The molecule has 0 spiro atoms. The molecule has 0 atom stereocenters. The topological polar surface area (TPSA) is 15.8 Å². The van der Waals surface area contributed by atoms with Gasteiger partial charge in [-0.1, -0.05) is 97.1 Å². The third kappa shape index (κ3) is 3.76. The molecule has 1 heteroatoms. The van der Waals surface area contributed by atoms with Crippen LogP contribution in [0.25, 0.3) is 46.1 Å². The first kappa shape index (κ1) is 17.3. The lowest BCUT2D eigenvalue weighted by molar-refractivity contribution is 1.54. The summed E-state index contributed by atoms with van der Waals surface area (Å²) in [4.78, 5) is 3.53. The van der Waals surface area contributed by atoms with Gasteiger partial charge >= 0.3 is 0 Å². The van der Waals surface area contributed by atoms with Crippen LogP contribution in [-0.4, -0.2) is 4.98 Å². The minimum Gasteiger partial charge on any atom is -0.355 e. The van der Waals surface area contributed by atoms with Crippen molar-refractivity contribution in [3.8, 4) is 0 Å². The summed E-state index contributed by atoms with van der Waals surface area (Å²) in [5.74, 6) is 0. The minimum absolute atomic E-state index is 1.17. The Morgan fingerprint density at radius 1 is 0.414 bits per heavy atom. The Labute approximate surface area is 170 Å². The maximum Gasteiger partial charge on any atom is 0.0465 e. The molecule has 0 unspecified atom stereocenters. The standard InChI is InChI=1S/C28H21N/c1-3-7-21(8-4-1)11-13-23-15-17-27-25(19-23)26-20-24(16-18-28(26)29-27)14-12-22-9-5-2-6-10-22/h1-20,29H. The number of aromatic nitrogens is 1. The molecule has 1 nitrogen and oxygen atoms in total. The molecule has 0 amide bonds. The van der Waals surface area contributed by atoms with E-state index in [2.05, 4.69) is 114 Å². The van der Waals surface area contributed by atoms with Gasteiger partial charge in [0.15, 0.2) is 0 Å². The fourth-order valence-corrected chi connectivity index (χ4v) is 3.65. The second-order valence-electron chi connectivity index (χ2n) is 7.22. The Bertz CT molecular complexity index is 1220. The SMILES string of the molecule is C(=Cc1ccc2[nH]c3ccc(C=Cc4ccccc4)cc3c2c1)c1ccccc1. The Hall–Kier alpha value is -3.84. The van der Waals surface area contributed by atoms with Crippen LogP contribution in [0.5, 0.6) is 0 Å². The molecule has 0 aliphatic carbocycles. The summed E-state index contributed by atoms with van der Waals surface area (Å²) in [6.45, 7) is 0. The largest absolute Gasteiger partial charge is 0.355 e. The summed E-state index contributed by atoms with van der Waals surface area (Å²) in [5, 5.41) is 2.51. The highest BCUT2D eigenvalue weighted by molar-refractivity contribution is 6.08. The van der Waals surface area contributed by atoms with E-state index in [0.717, 1.165) is 0 Å². The number of rotatable bonds is 4. The van der Waals surface area contributed by atoms with E-state index in [4.69, 9.17) is 0 Å². The molecule has 0 aliphatic heterocycles. The van der Waals surface area contributed by atoms with Crippen molar-refractivity contribution in [2.24, 2.45) is 0 Å². The fourth-order valence-electron chi connectivity index (χ4n) is 3.65. The van der Waals surface area contributed by atoms with Gasteiger partial charge in [0.1, 0.15) is 0 Å². The Morgan fingerprint density at radius 2 is 0.828 bits per heavy atom. The number of H-pyrrole nitrogens is 1. The molecule has 1 N–H and O–H groups in total.